The molecule has 0 radical (unpaired) electrons. The summed E-state index contributed by atoms with van der Waals surface area (Å²) < 4.78 is 5.31. The third kappa shape index (κ3) is 3.17. The summed E-state index contributed by atoms with van der Waals surface area (Å²) in [4.78, 5) is 31.1. The second-order valence-electron chi connectivity index (χ2n) is 6.53. The summed E-state index contributed by atoms with van der Waals surface area (Å²) in [5.41, 5.74) is 1.34. The normalized spacial score (nSPS) is 21.2. The molecule has 3 heterocycles. The van der Waals surface area contributed by atoms with Gasteiger partial charge in [0, 0.05) is 50.6 Å². The first-order valence-electron chi connectivity index (χ1n) is 8.38. The van der Waals surface area contributed by atoms with Crippen molar-refractivity contribution in [1.82, 2.24) is 24.8 Å². The van der Waals surface area contributed by atoms with Gasteiger partial charge in [-0.1, -0.05) is 0 Å². The van der Waals surface area contributed by atoms with Gasteiger partial charge in [0.1, 0.15) is 6.33 Å². The number of amides is 1. The fourth-order valence-corrected chi connectivity index (χ4v) is 3.16. The summed E-state index contributed by atoms with van der Waals surface area (Å²) in [5.74, 6) is 0.456. The average Bonchev–Trinajstić information content (AvgIpc) is 3.29. The van der Waals surface area contributed by atoms with E-state index < -0.39 is 0 Å². The lowest BCUT2D eigenvalue weighted by molar-refractivity contribution is 0.0723. The third-order valence-electron chi connectivity index (χ3n) is 4.88. The molecule has 1 aliphatic heterocycles. The monoisotopic (exact) mass is 340 g/mol. The summed E-state index contributed by atoms with van der Waals surface area (Å²) in [7, 11) is 1.67. The van der Waals surface area contributed by atoms with Crippen molar-refractivity contribution in [3.05, 3.63) is 42.2 Å². The van der Waals surface area contributed by atoms with E-state index in [1.165, 1.54) is 6.33 Å². The van der Waals surface area contributed by atoms with Gasteiger partial charge in [-0.05, 0) is 19.3 Å². The average molecular weight is 340 g/mol. The van der Waals surface area contributed by atoms with Crippen LogP contribution in [0.5, 0.6) is 0 Å². The topological polar surface area (TPSA) is 93.1 Å². The minimum absolute atomic E-state index is 0.0521. The quantitative estimate of drug-likeness (QED) is 0.875. The number of ether oxygens (including phenoxy) is 1. The minimum atomic E-state index is -0.187. The number of nitrogens with one attached hydrogen (secondary N) is 1. The highest BCUT2D eigenvalue weighted by atomic mass is 16.5. The van der Waals surface area contributed by atoms with Crippen LogP contribution in [0.1, 0.15) is 35.2 Å². The van der Waals surface area contributed by atoms with Gasteiger partial charge in [0.25, 0.3) is 5.91 Å². The molecular weight excluding hydrogens is 320 g/mol. The first kappa shape index (κ1) is 15.9. The summed E-state index contributed by atoms with van der Waals surface area (Å²) >= 11 is 0. The summed E-state index contributed by atoms with van der Waals surface area (Å²) in [5, 5.41) is 3.35. The number of carbonyl (C=O) groups is 1. The summed E-state index contributed by atoms with van der Waals surface area (Å²) in [6.07, 6.45) is 11.2. The predicted molar refractivity (Wildman–Crippen MR) is 89.9 cm³/mol. The first-order valence-corrected chi connectivity index (χ1v) is 8.38. The van der Waals surface area contributed by atoms with E-state index >= 15 is 0 Å². The molecule has 2 aromatic heterocycles. The Bertz CT molecular complexity index is 747. The minimum Gasteiger partial charge on any atom is -0.380 e. The summed E-state index contributed by atoms with van der Waals surface area (Å²) in [6.45, 7) is 1.32. The van der Waals surface area contributed by atoms with Gasteiger partial charge in [-0.2, -0.15) is 0 Å². The first-order chi connectivity index (χ1) is 12.2. The fraction of sp³-hybridized carbons (Fsp3) is 0.471. The van der Waals surface area contributed by atoms with Crippen LogP contribution in [0.2, 0.25) is 0 Å². The fourth-order valence-electron chi connectivity index (χ4n) is 3.16. The van der Waals surface area contributed by atoms with Crippen molar-refractivity contribution in [2.45, 2.75) is 30.9 Å². The highest BCUT2D eigenvalue weighted by molar-refractivity contribution is 5.93. The summed E-state index contributed by atoms with van der Waals surface area (Å²) in [6, 6.07) is 0. The Morgan fingerprint density at radius 2 is 1.96 bits per heavy atom. The van der Waals surface area contributed by atoms with Crippen molar-refractivity contribution in [3.8, 4) is 0 Å². The maximum Gasteiger partial charge on any atom is 0.257 e. The Labute approximate surface area is 145 Å². The van der Waals surface area contributed by atoms with Crippen molar-refractivity contribution in [1.29, 1.82) is 0 Å². The Kier molecular flexibility index (Phi) is 4.04. The number of carbonyl (C=O) groups excluding carboxylic acids is 1. The van der Waals surface area contributed by atoms with E-state index in [-0.39, 0.29) is 17.6 Å². The van der Waals surface area contributed by atoms with E-state index in [0.29, 0.717) is 24.6 Å². The molecule has 2 fully saturated rings. The van der Waals surface area contributed by atoms with Crippen LogP contribution in [-0.2, 0) is 10.3 Å². The smallest absolute Gasteiger partial charge is 0.257 e. The Hall–Kier alpha value is -2.61. The van der Waals surface area contributed by atoms with Crippen LogP contribution in [0.25, 0.3) is 0 Å². The molecule has 8 heteroatoms. The van der Waals surface area contributed by atoms with Crippen molar-refractivity contribution < 1.29 is 9.53 Å². The molecule has 0 aromatic carbocycles. The molecular formula is C17H20N6O2. The lowest BCUT2D eigenvalue weighted by Crippen LogP contribution is -2.30. The zero-order valence-corrected chi connectivity index (χ0v) is 14.1. The zero-order chi connectivity index (χ0) is 17.3. The van der Waals surface area contributed by atoms with Crippen LogP contribution in [-0.4, -0.2) is 57.0 Å². The number of likely N-dealkylation sites (tertiary alicyclic amines) is 1. The van der Waals surface area contributed by atoms with Crippen molar-refractivity contribution in [3.63, 3.8) is 0 Å². The molecule has 1 atom stereocenters. The van der Waals surface area contributed by atoms with Crippen molar-refractivity contribution in [2.24, 2.45) is 0 Å². The van der Waals surface area contributed by atoms with Crippen LogP contribution < -0.4 is 5.32 Å². The number of nitrogens with zero attached hydrogens (tertiary/aromatic N) is 5. The molecule has 130 valence electrons. The van der Waals surface area contributed by atoms with E-state index in [1.807, 2.05) is 12.4 Å². The largest absolute Gasteiger partial charge is 0.380 e. The molecule has 1 N–H and O–H groups in total. The van der Waals surface area contributed by atoms with Crippen LogP contribution in [0, 0.1) is 0 Å². The van der Waals surface area contributed by atoms with E-state index in [0.717, 1.165) is 24.8 Å². The van der Waals surface area contributed by atoms with E-state index in [4.69, 9.17) is 4.74 Å². The molecule has 0 bridgehead atoms. The van der Waals surface area contributed by atoms with Crippen LogP contribution >= 0.6 is 0 Å². The van der Waals surface area contributed by atoms with Crippen LogP contribution in [0.4, 0.5) is 5.95 Å². The van der Waals surface area contributed by atoms with E-state index in [2.05, 4.69) is 25.3 Å². The van der Waals surface area contributed by atoms with Crippen LogP contribution in [0.15, 0.2) is 31.1 Å². The molecule has 1 amide bonds. The van der Waals surface area contributed by atoms with Gasteiger partial charge in [-0.25, -0.2) is 19.9 Å². The maximum absolute atomic E-state index is 12.5. The number of anilines is 1. The van der Waals surface area contributed by atoms with Gasteiger partial charge in [0.05, 0.1) is 17.2 Å². The van der Waals surface area contributed by atoms with Gasteiger partial charge < -0.3 is 15.0 Å². The van der Waals surface area contributed by atoms with E-state index in [1.54, 1.807) is 24.4 Å². The molecule has 0 spiro atoms. The van der Waals surface area contributed by atoms with Crippen LogP contribution in [0.3, 0.4) is 0 Å². The van der Waals surface area contributed by atoms with Gasteiger partial charge in [0.2, 0.25) is 5.95 Å². The zero-order valence-electron chi connectivity index (χ0n) is 14.1. The number of hydrogen-bond donors (Lipinski definition) is 1. The predicted octanol–water partition coefficient (Wildman–Crippen LogP) is 1.23. The molecule has 1 saturated heterocycles. The SMILES string of the molecule is CO[C@@H]1CCN(C(=O)c2cnc(NC3(c4cncnc4)CC3)nc2)C1. The molecule has 4 rings (SSSR count). The third-order valence-corrected chi connectivity index (χ3v) is 4.88. The number of methoxy groups -OCH3 is 1. The van der Waals surface area contributed by atoms with Crippen molar-refractivity contribution in [2.75, 3.05) is 25.5 Å². The Balaban J connectivity index is 1.43. The lowest BCUT2D eigenvalue weighted by Gasteiger charge is -2.18. The number of rotatable bonds is 5. The second kappa shape index (κ2) is 6.36. The van der Waals surface area contributed by atoms with Gasteiger partial charge in [-0.15, -0.1) is 0 Å². The highest BCUT2D eigenvalue weighted by Gasteiger charge is 2.45. The molecule has 1 saturated carbocycles. The number of hydrogen-bond acceptors (Lipinski definition) is 7. The molecule has 2 aliphatic rings. The molecule has 8 nitrogen and oxygen atoms in total. The maximum atomic E-state index is 12.5. The highest BCUT2D eigenvalue weighted by Crippen LogP contribution is 2.47. The van der Waals surface area contributed by atoms with Gasteiger partial charge in [-0.3, -0.25) is 4.79 Å². The molecule has 25 heavy (non-hydrogen) atoms. The van der Waals surface area contributed by atoms with E-state index in [9.17, 15) is 4.79 Å². The molecule has 0 unspecified atom stereocenters. The lowest BCUT2D eigenvalue weighted by atomic mass is 10.1. The van der Waals surface area contributed by atoms with Gasteiger partial charge in [0.15, 0.2) is 0 Å². The molecule has 1 aliphatic carbocycles. The standard InChI is InChI=1S/C17H20N6O2/c1-25-14-2-5-23(10-14)15(24)12-6-20-16(21-7-12)22-17(3-4-17)13-8-18-11-19-9-13/h6-9,11,14H,2-5,10H2,1H3,(H,20,21,22)/t14-/m1/s1. The van der Waals surface area contributed by atoms with Gasteiger partial charge >= 0.3 is 0 Å². The Morgan fingerprint density at radius 3 is 2.56 bits per heavy atom. The van der Waals surface area contributed by atoms with Crippen molar-refractivity contribution >= 4 is 11.9 Å². The molecule has 2 aromatic rings. The Morgan fingerprint density at radius 1 is 1.24 bits per heavy atom. The second-order valence-corrected chi connectivity index (χ2v) is 6.53. The number of aromatic nitrogens is 4.